The van der Waals surface area contributed by atoms with E-state index in [0.29, 0.717) is 29.4 Å². The minimum Gasteiger partial charge on any atom is -0.508 e. The molecule has 0 saturated carbocycles. The zero-order valence-electron chi connectivity index (χ0n) is 20.0. The fourth-order valence-electron chi connectivity index (χ4n) is 4.70. The number of benzene rings is 4. The first-order valence-electron chi connectivity index (χ1n) is 11.8. The van der Waals surface area contributed by atoms with Crippen molar-refractivity contribution in [2.24, 2.45) is 0 Å². The highest BCUT2D eigenvalue weighted by Crippen LogP contribution is 2.33. The monoisotopic (exact) mass is 494 g/mol. The van der Waals surface area contributed by atoms with Crippen molar-refractivity contribution in [1.29, 1.82) is 0 Å². The van der Waals surface area contributed by atoms with Gasteiger partial charge in [-0.2, -0.15) is 0 Å². The summed E-state index contributed by atoms with van der Waals surface area (Å²) in [6, 6.07) is 19.7. The Balaban J connectivity index is 0.000000148. The molecule has 4 N–H and O–H groups in total. The molecule has 2 aromatic heterocycles. The summed E-state index contributed by atoms with van der Waals surface area (Å²) in [4.78, 5) is 6.60. The number of phenols is 2. The Kier molecular flexibility index (Phi) is 6.21. The molecule has 2 heterocycles. The van der Waals surface area contributed by atoms with E-state index >= 15 is 0 Å². The molecule has 4 aromatic carbocycles. The highest BCUT2D eigenvalue weighted by molar-refractivity contribution is 6.31. The average molecular weight is 495 g/mol. The van der Waals surface area contributed by atoms with Crippen LogP contribution < -0.4 is 0 Å². The summed E-state index contributed by atoms with van der Waals surface area (Å²) in [6.07, 6.45) is 4.93. The first-order chi connectivity index (χ1) is 17.4. The van der Waals surface area contributed by atoms with E-state index in [9.17, 15) is 10.2 Å². The molecule has 6 rings (SSSR count). The summed E-state index contributed by atoms with van der Waals surface area (Å²) in [7, 11) is 0. The second kappa shape index (κ2) is 9.48. The number of aryl methyl sites for hydroxylation is 1. The number of fused-ring (bicyclic) bond motifs is 6. The molecule has 0 aliphatic carbocycles. The number of phenolic OH excluding ortho intramolecular Hbond substituents is 2. The zero-order valence-corrected chi connectivity index (χ0v) is 20.8. The van der Waals surface area contributed by atoms with Crippen LogP contribution in [0.2, 0.25) is 5.02 Å². The van der Waals surface area contributed by atoms with Gasteiger partial charge in [0.05, 0.1) is 11.0 Å². The molecular weight excluding hydrogens is 468 g/mol. The van der Waals surface area contributed by atoms with E-state index in [1.165, 1.54) is 10.9 Å². The second-order valence-electron chi connectivity index (χ2n) is 9.03. The average Bonchev–Trinajstić information content (AvgIpc) is 3.36. The Morgan fingerprint density at radius 2 is 1.14 bits per heavy atom. The van der Waals surface area contributed by atoms with Crippen LogP contribution in [0.1, 0.15) is 16.7 Å². The number of rotatable bonds is 4. The van der Waals surface area contributed by atoms with E-state index in [0.717, 1.165) is 49.4 Å². The van der Waals surface area contributed by atoms with Crippen LogP contribution >= 0.6 is 11.6 Å². The highest BCUT2D eigenvalue weighted by Gasteiger charge is 2.10. The molecule has 6 aromatic rings. The number of halogens is 1. The SMILES string of the molecule is C=CCc1cc2c(cc1O)[nH]c1cc(C)ccc12.C=CCc1cc2c(cc1O)[nH]c1cc(Cl)ccc12. The Labute approximate surface area is 214 Å². The van der Waals surface area contributed by atoms with Crippen LogP contribution in [0.3, 0.4) is 0 Å². The van der Waals surface area contributed by atoms with E-state index in [-0.39, 0.29) is 0 Å². The predicted octanol–water partition coefficient (Wildman–Crippen LogP) is 8.47. The third kappa shape index (κ3) is 4.32. The predicted molar refractivity (Wildman–Crippen MR) is 152 cm³/mol. The van der Waals surface area contributed by atoms with Crippen molar-refractivity contribution < 1.29 is 10.2 Å². The number of aromatic nitrogens is 2. The van der Waals surface area contributed by atoms with Gasteiger partial charge in [0.1, 0.15) is 11.5 Å². The maximum absolute atomic E-state index is 9.95. The molecule has 0 aliphatic heterocycles. The molecule has 0 bridgehead atoms. The largest absolute Gasteiger partial charge is 0.508 e. The van der Waals surface area contributed by atoms with Crippen molar-refractivity contribution in [3.05, 3.63) is 108 Å². The van der Waals surface area contributed by atoms with Gasteiger partial charge in [-0.3, -0.25) is 0 Å². The quantitative estimate of drug-likeness (QED) is 0.185. The van der Waals surface area contributed by atoms with Crippen LogP contribution in [0.4, 0.5) is 0 Å². The molecule has 5 heteroatoms. The lowest BCUT2D eigenvalue weighted by Gasteiger charge is -2.02. The van der Waals surface area contributed by atoms with E-state index < -0.39 is 0 Å². The molecule has 0 fully saturated rings. The lowest BCUT2D eigenvalue weighted by atomic mass is 10.1. The Bertz CT molecular complexity index is 1640. The van der Waals surface area contributed by atoms with Gasteiger partial charge in [0, 0.05) is 49.7 Å². The molecule has 0 radical (unpaired) electrons. The third-order valence-corrected chi connectivity index (χ3v) is 6.68. The van der Waals surface area contributed by atoms with Crippen LogP contribution in [0.25, 0.3) is 43.6 Å². The lowest BCUT2D eigenvalue weighted by molar-refractivity contribution is 0.470. The van der Waals surface area contributed by atoms with Crippen molar-refractivity contribution in [3.63, 3.8) is 0 Å². The standard InChI is InChI=1S/C16H15NO.C15H12ClNO/c1-3-4-11-8-13-12-6-5-10(2)7-14(12)17-15(13)9-16(11)18;1-2-3-9-6-12-11-5-4-10(16)7-13(11)17-14(12)8-15(9)18/h3,5-9,17-18H,1,4H2,2H3;2,4-8,17-18H,1,3H2. The molecule has 180 valence electrons. The van der Waals surface area contributed by atoms with Gasteiger partial charge in [-0.15, -0.1) is 13.2 Å². The van der Waals surface area contributed by atoms with Gasteiger partial charge >= 0.3 is 0 Å². The van der Waals surface area contributed by atoms with E-state index in [1.54, 1.807) is 24.3 Å². The molecule has 0 spiro atoms. The fourth-order valence-corrected chi connectivity index (χ4v) is 4.87. The van der Waals surface area contributed by atoms with Crippen molar-refractivity contribution in [1.82, 2.24) is 9.97 Å². The topological polar surface area (TPSA) is 72.0 Å². The summed E-state index contributed by atoms with van der Waals surface area (Å²) >= 11 is 5.98. The van der Waals surface area contributed by atoms with Gasteiger partial charge in [-0.25, -0.2) is 0 Å². The van der Waals surface area contributed by atoms with E-state index in [2.05, 4.69) is 48.2 Å². The Morgan fingerprint density at radius 3 is 1.67 bits per heavy atom. The fraction of sp³-hybridized carbons (Fsp3) is 0.0968. The molecule has 0 amide bonds. The number of aromatic amines is 2. The number of aromatic hydroxyl groups is 2. The third-order valence-electron chi connectivity index (χ3n) is 6.44. The van der Waals surface area contributed by atoms with Gasteiger partial charge in [-0.1, -0.05) is 42.0 Å². The van der Waals surface area contributed by atoms with Crippen molar-refractivity contribution in [3.8, 4) is 11.5 Å². The molecule has 4 nitrogen and oxygen atoms in total. The van der Waals surface area contributed by atoms with Gasteiger partial charge < -0.3 is 20.2 Å². The molecule has 0 saturated heterocycles. The molecule has 0 unspecified atom stereocenters. The first-order valence-corrected chi connectivity index (χ1v) is 12.1. The molecule has 36 heavy (non-hydrogen) atoms. The summed E-state index contributed by atoms with van der Waals surface area (Å²) in [5.74, 6) is 0.616. The summed E-state index contributed by atoms with van der Waals surface area (Å²) in [5.41, 5.74) is 7.00. The summed E-state index contributed by atoms with van der Waals surface area (Å²) in [5, 5.41) is 25.1. The molecule has 0 aliphatic rings. The van der Waals surface area contributed by atoms with Gasteiger partial charge in [-0.05, 0) is 66.8 Å². The number of allylic oxidation sites excluding steroid dienone is 2. The number of H-pyrrole nitrogens is 2. The Hall–Kier alpha value is -4.15. The maximum Gasteiger partial charge on any atom is 0.121 e. The summed E-state index contributed by atoms with van der Waals surface area (Å²) in [6.45, 7) is 9.50. The minimum absolute atomic E-state index is 0.292. The van der Waals surface area contributed by atoms with Gasteiger partial charge in [0.25, 0.3) is 0 Å². The highest BCUT2D eigenvalue weighted by atomic mass is 35.5. The second-order valence-corrected chi connectivity index (χ2v) is 9.46. The van der Waals surface area contributed by atoms with Crippen molar-refractivity contribution in [2.45, 2.75) is 19.8 Å². The van der Waals surface area contributed by atoms with Crippen molar-refractivity contribution >= 4 is 55.2 Å². The number of hydrogen-bond donors (Lipinski definition) is 4. The summed E-state index contributed by atoms with van der Waals surface area (Å²) < 4.78 is 0. The smallest absolute Gasteiger partial charge is 0.121 e. The van der Waals surface area contributed by atoms with E-state index in [1.807, 2.05) is 30.3 Å². The van der Waals surface area contributed by atoms with Crippen LogP contribution in [0.5, 0.6) is 11.5 Å². The number of nitrogens with one attached hydrogen (secondary N) is 2. The van der Waals surface area contributed by atoms with Crippen LogP contribution in [0, 0.1) is 6.92 Å². The van der Waals surface area contributed by atoms with Crippen LogP contribution in [-0.4, -0.2) is 20.2 Å². The van der Waals surface area contributed by atoms with Crippen LogP contribution in [-0.2, 0) is 12.8 Å². The lowest BCUT2D eigenvalue weighted by Crippen LogP contribution is -1.82. The van der Waals surface area contributed by atoms with Crippen molar-refractivity contribution in [2.75, 3.05) is 0 Å². The zero-order chi connectivity index (χ0) is 25.4. The minimum atomic E-state index is 0.292. The van der Waals surface area contributed by atoms with E-state index in [4.69, 9.17) is 11.6 Å². The first kappa shape index (κ1) is 23.6. The molecular formula is C31H27ClN2O2. The maximum atomic E-state index is 9.95. The molecule has 0 atom stereocenters. The normalized spacial score (nSPS) is 11.2. The van der Waals surface area contributed by atoms with Gasteiger partial charge in [0.15, 0.2) is 0 Å². The Morgan fingerprint density at radius 1 is 0.667 bits per heavy atom. The van der Waals surface area contributed by atoms with Gasteiger partial charge in [0.2, 0.25) is 0 Å². The number of hydrogen-bond acceptors (Lipinski definition) is 2. The van der Waals surface area contributed by atoms with Crippen LogP contribution in [0.15, 0.2) is 86.0 Å².